The van der Waals surface area contributed by atoms with Crippen LogP contribution in [0.25, 0.3) is 0 Å². The minimum absolute atomic E-state index is 0.0739. The van der Waals surface area contributed by atoms with Crippen molar-refractivity contribution in [3.63, 3.8) is 0 Å². The SMILES string of the molecule is CC1(C)COCCN1Cc1cccc(N)n1. The number of rotatable bonds is 2. The molecule has 2 rings (SSSR count). The van der Waals surface area contributed by atoms with Gasteiger partial charge in [-0.25, -0.2) is 4.98 Å². The van der Waals surface area contributed by atoms with Crippen LogP contribution in [0.1, 0.15) is 19.5 Å². The minimum Gasteiger partial charge on any atom is -0.384 e. The maximum absolute atomic E-state index is 5.68. The molecule has 0 spiro atoms. The highest BCUT2D eigenvalue weighted by Gasteiger charge is 2.30. The van der Waals surface area contributed by atoms with E-state index >= 15 is 0 Å². The van der Waals surface area contributed by atoms with E-state index in [1.165, 1.54) is 0 Å². The molecule has 1 aliphatic heterocycles. The van der Waals surface area contributed by atoms with Gasteiger partial charge in [-0.15, -0.1) is 0 Å². The Bertz CT molecular complexity index is 365. The zero-order valence-corrected chi connectivity index (χ0v) is 9.94. The molecule has 0 saturated carbocycles. The molecule has 1 fully saturated rings. The van der Waals surface area contributed by atoms with Crippen LogP contribution >= 0.6 is 0 Å². The number of morpholine rings is 1. The number of ether oxygens (including phenoxy) is 1. The van der Waals surface area contributed by atoms with Crippen LogP contribution in [0.3, 0.4) is 0 Å². The second kappa shape index (κ2) is 4.39. The van der Waals surface area contributed by atoms with Crippen LogP contribution < -0.4 is 5.73 Å². The van der Waals surface area contributed by atoms with Crippen molar-refractivity contribution in [1.82, 2.24) is 9.88 Å². The second-order valence-corrected chi connectivity index (χ2v) is 4.84. The number of nitrogen functional groups attached to an aromatic ring is 1. The van der Waals surface area contributed by atoms with Crippen LogP contribution in [-0.4, -0.2) is 35.2 Å². The average Bonchev–Trinajstić information content (AvgIpc) is 2.21. The van der Waals surface area contributed by atoms with Crippen LogP contribution in [-0.2, 0) is 11.3 Å². The molecule has 4 heteroatoms. The molecule has 2 N–H and O–H groups in total. The summed E-state index contributed by atoms with van der Waals surface area (Å²) in [5.74, 6) is 0.587. The Labute approximate surface area is 96.4 Å². The van der Waals surface area contributed by atoms with Gasteiger partial charge in [-0.1, -0.05) is 6.07 Å². The molecule has 1 aromatic heterocycles. The first-order valence-corrected chi connectivity index (χ1v) is 5.62. The number of aromatic nitrogens is 1. The van der Waals surface area contributed by atoms with E-state index in [4.69, 9.17) is 10.5 Å². The zero-order valence-electron chi connectivity index (χ0n) is 9.94. The predicted octanol–water partition coefficient (Wildman–Crippen LogP) is 1.27. The third-order valence-corrected chi connectivity index (χ3v) is 3.00. The normalized spacial score (nSPS) is 20.9. The topological polar surface area (TPSA) is 51.4 Å². The van der Waals surface area contributed by atoms with Crippen molar-refractivity contribution in [1.29, 1.82) is 0 Å². The summed E-state index contributed by atoms with van der Waals surface area (Å²) in [5, 5.41) is 0. The van der Waals surface area contributed by atoms with E-state index in [2.05, 4.69) is 23.7 Å². The number of pyridine rings is 1. The van der Waals surface area contributed by atoms with Gasteiger partial charge in [-0.3, -0.25) is 4.90 Å². The van der Waals surface area contributed by atoms with Crippen LogP contribution in [0.2, 0.25) is 0 Å². The fourth-order valence-electron chi connectivity index (χ4n) is 1.97. The molecule has 4 nitrogen and oxygen atoms in total. The van der Waals surface area contributed by atoms with Crippen molar-refractivity contribution in [2.24, 2.45) is 0 Å². The van der Waals surface area contributed by atoms with Gasteiger partial charge in [0.15, 0.2) is 0 Å². The van der Waals surface area contributed by atoms with Crippen molar-refractivity contribution in [3.8, 4) is 0 Å². The first kappa shape index (κ1) is 11.4. The van der Waals surface area contributed by atoms with Crippen molar-refractivity contribution in [3.05, 3.63) is 23.9 Å². The highest BCUT2D eigenvalue weighted by molar-refractivity contribution is 5.28. The lowest BCUT2D eigenvalue weighted by molar-refractivity contribution is -0.0557. The van der Waals surface area contributed by atoms with Crippen molar-refractivity contribution in [2.75, 3.05) is 25.5 Å². The van der Waals surface area contributed by atoms with Gasteiger partial charge >= 0.3 is 0 Å². The number of nitrogens with two attached hydrogens (primary N) is 1. The first-order valence-electron chi connectivity index (χ1n) is 5.62. The smallest absolute Gasteiger partial charge is 0.123 e. The predicted molar refractivity (Wildman–Crippen MR) is 64.0 cm³/mol. The largest absolute Gasteiger partial charge is 0.384 e. The fourth-order valence-corrected chi connectivity index (χ4v) is 1.97. The number of nitrogens with zero attached hydrogens (tertiary/aromatic N) is 2. The lowest BCUT2D eigenvalue weighted by Gasteiger charge is -2.41. The monoisotopic (exact) mass is 221 g/mol. The van der Waals surface area contributed by atoms with E-state index in [9.17, 15) is 0 Å². The second-order valence-electron chi connectivity index (χ2n) is 4.84. The van der Waals surface area contributed by atoms with E-state index in [1.807, 2.05) is 18.2 Å². The van der Waals surface area contributed by atoms with Crippen LogP contribution in [0.15, 0.2) is 18.2 Å². The first-order chi connectivity index (χ1) is 7.58. The molecular formula is C12H19N3O. The quantitative estimate of drug-likeness (QED) is 0.817. The van der Waals surface area contributed by atoms with Crippen LogP contribution in [0.5, 0.6) is 0 Å². The highest BCUT2D eigenvalue weighted by Crippen LogP contribution is 2.21. The molecular weight excluding hydrogens is 202 g/mol. The van der Waals surface area contributed by atoms with Gasteiger partial charge in [0.25, 0.3) is 0 Å². The molecule has 2 heterocycles. The Balaban J connectivity index is 2.08. The average molecular weight is 221 g/mol. The van der Waals surface area contributed by atoms with Crippen molar-refractivity contribution < 1.29 is 4.74 Å². The Morgan fingerprint density at radius 1 is 1.50 bits per heavy atom. The third-order valence-electron chi connectivity index (χ3n) is 3.00. The van der Waals surface area contributed by atoms with Gasteiger partial charge in [0.05, 0.1) is 18.9 Å². The molecule has 1 aromatic rings. The van der Waals surface area contributed by atoms with Gasteiger partial charge in [0, 0.05) is 18.6 Å². The molecule has 0 amide bonds. The van der Waals surface area contributed by atoms with Crippen LogP contribution in [0.4, 0.5) is 5.82 Å². The summed E-state index contributed by atoms with van der Waals surface area (Å²) in [6.45, 7) is 7.74. The highest BCUT2D eigenvalue weighted by atomic mass is 16.5. The number of hydrogen-bond donors (Lipinski definition) is 1. The molecule has 16 heavy (non-hydrogen) atoms. The summed E-state index contributed by atoms with van der Waals surface area (Å²) in [6.07, 6.45) is 0. The van der Waals surface area contributed by atoms with Gasteiger partial charge in [-0.05, 0) is 26.0 Å². The molecule has 0 aromatic carbocycles. The molecule has 0 aliphatic carbocycles. The molecule has 88 valence electrons. The van der Waals surface area contributed by atoms with E-state index in [0.29, 0.717) is 5.82 Å². The summed E-state index contributed by atoms with van der Waals surface area (Å²) in [7, 11) is 0. The molecule has 0 atom stereocenters. The van der Waals surface area contributed by atoms with Gasteiger partial charge in [0.2, 0.25) is 0 Å². The van der Waals surface area contributed by atoms with Gasteiger partial charge in [0.1, 0.15) is 5.82 Å². The summed E-state index contributed by atoms with van der Waals surface area (Å²) >= 11 is 0. The van der Waals surface area contributed by atoms with E-state index in [0.717, 1.165) is 32.0 Å². The number of hydrogen-bond acceptors (Lipinski definition) is 4. The summed E-state index contributed by atoms with van der Waals surface area (Å²) in [5.41, 5.74) is 6.77. The third kappa shape index (κ3) is 2.51. The lowest BCUT2D eigenvalue weighted by Crippen LogP contribution is -2.52. The Morgan fingerprint density at radius 2 is 2.31 bits per heavy atom. The Morgan fingerprint density at radius 3 is 3.00 bits per heavy atom. The maximum atomic E-state index is 5.68. The molecule has 1 aliphatic rings. The van der Waals surface area contributed by atoms with E-state index < -0.39 is 0 Å². The fraction of sp³-hybridized carbons (Fsp3) is 0.583. The summed E-state index contributed by atoms with van der Waals surface area (Å²) in [4.78, 5) is 6.72. The molecule has 0 bridgehead atoms. The standard InChI is InChI=1S/C12H19N3O/c1-12(2)9-16-7-6-15(12)8-10-4-3-5-11(13)14-10/h3-5H,6-9H2,1-2H3,(H2,13,14). The lowest BCUT2D eigenvalue weighted by atomic mass is 10.0. The molecule has 0 unspecified atom stereocenters. The van der Waals surface area contributed by atoms with Gasteiger partial charge < -0.3 is 10.5 Å². The Kier molecular flexibility index (Phi) is 3.12. The minimum atomic E-state index is 0.0739. The Hall–Kier alpha value is -1.13. The summed E-state index contributed by atoms with van der Waals surface area (Å²) in [6, 6.07) is 5.78. The van der Waals surface area contributed by atoms with Crippen LogP contribution in [0, 0.1) is 0 Å². The summed E-state index contributed by atoms with van der Waals surface area (Å²) < 4.78 is 5.49. The number of anilines is 1. The zero-order chi connectivity index (χ0) is 11.6. The molecule has 0 radical (unpaired) electrons. The van der Waals surface area contributed by atoms with Crippen molar-refractivity contribution >= 4 is 5.82 Å². The van der Waals surface area contributed by atoms with Gasteiger partial charge in [-0.2, -0.15) is 0 Å². The molecule has 1 saturated heterocycles. The van der Waals surface area contributed by atoms with Crippen molar-refractivity contribution in [2.45, 2.75) is 25.9 Å². The van der Waals surface area contributed by atoms with E-state index in [1.54, 1.807) is 0 Å². The van der Waals surface area contributed by atoms with E-state index in [-0.39, 0.29) is 5.54 Å². The maximum Gasteiger partial charge on any atom is 0.123 e.